The Morgan fingerprint density at radius 3 is 2.35 bits per heavy atom. The van der Waals surface area contributed by atoms with Crippen LogP contribution in [0.25, 0.3) is 0 Å². The summed E-state index contributed by atoms with van der Waals surface area (Å²) in [5.74, 6) is 0.768. The predicted octanol–water partition coefficient (Wildman–Crippen LogP) is 4.45. The number of benzene rings is 2. The lowest BCUT2D eigenvalue weighted by atomic mass is 10.2. The van der Waals surface area contributed by atoms with Crippen LogP contribution in [0, 0.1) is 0 Å². The smallest absolute Gasteiger partial charge is 0.132 e. The number of likely N-dealkylation sites (N-methyl/N-ethyl adjacent to an activating group) is 1. The van der Waals surface area contributed by atoms with Crippen molar-refractivity contribution in [2.45, 2.75) is 11.8 Å². The maximum Gasteiger partial charge on any atom is 0.132 e. The minimum atomic E-state index is -1.01. The van der Waals surface area contributed by atoms with E-state index in [1.165, 1.54) is 5.69 Å². The quantitative estimate of drug-likeness (QED) is 0.572. The van der Waals surface area contributed by atoms with Crippen molar-refractivity contribution in [2.75, 3.05) is 54.5 Å². The second-order valence-corrected chi connectivity index (χ2v) is 9.01. The van der Waals surface area contributed by atoms with Crippen molar-refractivity contribution in [1.82, 2.24) is 9.88 Å². The summed E-state index contributed by atoms with van der Waals surface area (Å²) < 4.78 is 11.7. The number of hydrogen-bond donors (Lipinski definition) is 2. The molecule has 7 heteroatoms. The molecule has 1 unspecified atom stereocenters. The van der Waals surface area contributed by atoms with Crippen LogP contribution in [-0.4, -0.2) is 53.1 Å². The first-order valence-electron chi connectivity index (χ1n) is 10.6. The Labute approximate surface area is 186 Å². The van der Waals surface area contributed by atoms with Crippen LogP contribution in [0.1, 0.15) is 6.92 Å². The fourth-order valence-corrected chi connectivity index (χ4v) is 4.28. The number of nitrogens with zero attached hydrogens (tertiary/aromatic N) is 3. The largest absolute Gasteiger partial charge is 0.369 e. The van der Waals surface area contributed by atoms with Crippen LogP contribution >= 0.6 is 0 Å². The van der Waals surface area contributed by atoms with E-state index in [1.807, 2.05) is 36.4 Å². The number of anilines is 5. The topological polar surface area (TPSA) is 60.5 Å². The minimum absolute atomic E-state index is 0.768. The van der Waals surface area contributed by atoms with Crippen LogP contribution in [-0.2, 0) is 10.8 Å². The highest BCUT2D eigenvalue weighted by atomic mass is 32.2. The molecule has 1 aliphatic rings. The fraction of sp³-hybridized carbons (Fsp3) is 0.292. The molecule has 2 aromatic carbocycles. The van der Waals surface area contributed by atoms with Gasteiger partial charge in [0, 0.05) is 83.1 Å². The Balaban J connectivity index is 1.40. The molecule has 0 bridgehead atoms. The molecule has 2 heterocycles. The fourth-order valence-electron chi connectivity index (χ4n) is 3.72. The van der Waals surface area contributed by atoms with Gasteiger partial charge in [-0.15, -0.1) is 0 Å². The summed E-state index contributed by atoms with van der Waals surface area (Å²) in [4.78, 5) is 10.2. The maximum absolute atomic E-state index is 11.7. The summed E-state index contributed by atoms with van der Waals surface area (Å²) in [5.41, 5.74) is 4.08. The first-order valence-corrected chi connectivity index (χ1v) is 12.2. The predicted molar refractivity (Wildman–Crippen MR) is 130 cm³/mol. The average molecular weight is 436 g/mol. The molecule has 2 N–H and O–H groups in total. The second kappa shape index (κ2) is 9.94. The van der Waals surface area contributed by atoms with E-state index < -0.39 is 10.8 Å². The highest BCUT2D eigenvalue weighted by molar-refractivity contribution is 7.84. The lowest BCUT2D eigenvalue weighted by molar-refractivity contribution is 0.271. The zero-order valence-corrected chi connectivity index (χ0v) is 18.9. The van der Waals surface area contributed by atoms with Gasteiger partial charge in [-0.1, -0.05) is 13.0 Å². The van der Waals surface area contributed by atoms with Gasteiger partial charge < -0.3 is 20.4 Å². The molecule has 1 fully saturated rings. The van der Waals surface area contributed by atoms with Crippen molar-refractivity contribution < 1.29 is 4.21 Å². The van der Waals surface area contributed by atoms with E-state index in [9.17, 15) is 4.21 Å². The highest BCUT2D eigenvalue weighted by Gasteiger charge is 2.15. The van der Waals surface area contributed by atoms with Crippen LogP contribution in [0.5, 0.6) is 0 Å². The van der Waals surface area contributed by atoms with Crippen LogP contribution in [0.3, 0.4) is 0 Å². The normalized spacial score (nSPS) is 15.5. The Morgan fingerprint density at radius 2 is 1.65 bits per heavy atom. The lowest BCUT2D eigenvalue weighted by Crippen LogP contribution is -2.46. The molecule has 1 atom stereocenters. The van der Waals surface area contributed by atoms with Crippen molar-refractivity contribution >= 4 is 39.4 Å². The van der Waals surface area contributed by atoms with Gasteiger partial charge in [-0.05, 0) is 55.1 Å². The molecule has 0 aliphatic carbocycles. The van der Waals surface area contributed by atoms with Crippen molar-refractivity contribution in [2.24, 2.45) is 0 Å². The number of nitrogens with one attached hydrogen (secondary N) is 2. The van der Waals surface area contributed by atoms with E-state index in [-0.39, 0.29) is 0 Å². The Bertz CT molecular complexity index is 1030. The molecule has 162 valence electrons. The summed E-state index contributed by atoms with van der Waals surface area (Å²) >= 11 is 0. The molecule has 6 nitrogen and oxygen atoms in total. The molecular weight excluding hydrogens is 406 g/mol. The molecule has 1 aliphatic heterocycles. The van der Waals surface area contributed by atoms with Gasteiger partial charge >= 0.3 is 0 Å². The number of rotatable bonds is 7. The molecule has 1 saturated heterocycles. The molecule has 0 radical (unpaired) electrons. The molecule has 0 saturated carbocycles. The second-order valence-electron chi connectivity index (χ2n) is 7.63. The summed E-state index contributed by atoms with van der Waals surface area (Å²) in [6, 6.07) is 20.1. The molecular formula is C24H29N5OS. The third-order valence-corrected chi connectivity index (χ3v) is 6.46. The summed E-state index contributed by atoms with van der Waals surface area (Å²) in [5, 5.41) is 6.74. The van der Waals surface area contributed by atoms with Crippen LogP contribution in [0.4, 0.5) is 28.6 Å². The van der Waals surface area contributed by atoms with Crippen molar-refractivity contribution in [1.29, 1.82) is 0 Å². The van der Waals surface area contributed by atoms with E-state index in [1.54, 1.807) is 12.5 Å². The number of pyridine rings is 1. The third-order valence-electron chi connectivity index (χ3n) is 5.54. The van der Waals surface area contributed by atoms with E-state index >= 15 is 0 Å². The van der Waals surface area contributed by atoms with E-state index in [0.29, 0.717) is 0 Å². The van der Waals surface area contributed by atoms with Gasteiger partial charge in [0.25, 0.3) is 0 Å². The first-order chi connectivity index (χ1) is 15.1. The zero-order chi connectivity index (χ0) is 21.6. The summed E-state index contributed by atoms with van der Waals surface area (Å²) in [6.07, 6.45) is 3.46. The van der Waals surface area contributed by atoms with Gasteiger partial charge in [0.05, 0.1) is 0 Å². The maximum atomic E-state index is 11.7. The first kappa shape index (κ1) is 21.3. The average Bonchev–Trinajstić information content (AvgIpc) is 2.80. The Hall–Kier alpha value is -2.90. The standard InChI is InChI=1S/C24H29N5OS/c1-3-28-13-15-29(16-14-28)22-9-7-19(8-10-22)27-24-18-21(11-12-25-24)26-20-5-4-6-23(17-20)31(2)30/h4-12,17-18H,3,13-16H2,1-2H3,(H2,25,26,27). The van der Waals surface area contributed by atoms with Gasteiger partial charge in [-0.3, -0.25) is 4.21 Å². The molecule has 1 aromatic heterocycles. The number of piperazine rings is 1. The molecule has 3 aromatic rings. The van der Waals surface area contributed by atoms with Crippen molar-refractivity contribution in [3.8, 4) is 0 Å². The van der Waals surface area contributed by atoms with E-state index in [2.05, 4.69) is 56.6 Å². The van der Waals surface area contributed by atoms with Crippen molar-refractivity contribution in [3.63, 3.8) is 0 Å². The van der Waals surface area contributed by atoms with Gasteiger partial charge in [0.1, 0.15) is 5.82 Å². The Kier molecular flexibility index (Phi) is 6.84. The number of hydrogen-bond acceptors (Lipinski definition) is 6. The summed E-state index contributed by atoms with van der Waals surface area (Å²) in [7, 11) is -1.01. The van der Waals surface area contributed by atoms with Gasteiger partial charge in [-0.25, -0.2) is 4.98 Å². The third kappa shape index (κ3) is 5.62. The van der Waals surface area contributed by atoms with Crippen LogP contribution < -0.4 is 15.5 Å². The van der Waals surface area contributed by atoms with Gasteiger partial charge in [0.15, 0.2) is 0 Å². The number of aromatic nitrogens is 1. The van der Waals surface area contributed by atoms with E-state index in [4.69, 9.17) is 0 Å². The Morgan fingerprint density at radius 1 is 0.903 bits per heavy atom. The van der Waals surface area contributed by atoms with Crippen LogP contribution in [0.15, 0.2) is 71.8 Å². The molecule has 31 heavy (non-hydrogen) atoms. The molecule has 4 rings (SSSR count). The zero-order valence-electron chi connectivity index (χ0n) is 18.0. The molecule has 0 spiro atoms. The molecule has 0 amide bonds. The van der Waals surface area contributed by atoms with E-state index in [0.717, 1.165) is 60.5 Å². The highest BCUT2D eigenvalue weighted by Crippen LogP contribution is 2.24. The minimum Gasteiger partial charge on any atom is -0.369 e. The monoisotopic (exact) mass is 435 g/mol. The van der Waals surface area contributed by atoms with Gasteiger partial charge in [-0.2, -0.15) is 0 Å². The lowest BCUT2D eigenvalue weighted by Gasteiger charge is -2.35. The van der Waals surface area contributed by atoms with Crippen LogP contribution in [0.2, 0.25) is 0 Å². The SMILES string of the molecule is CCN1CCN(c2ccc(Nc3cc(Nc4cccc(S(C)=O)c4)ccn3)cc2)CC1. The van der Waals surface area contributed by atoms with Crippen molar-refractivity contribution in [3.05, 3.63) is 66.9 Å². The van der Waals surface area contributed by atoms with Gasteiger partial charge in [0.2, 0.25) is 0 Å². The summed E-state index contributed by atoms with van der Waals surface area (Å²) in [6.45, 7) is 7.74.